The Bertz CT molecular complexity index is 149. The van der Waals surface area contributed by atoms with Crippen LogP contribution < -0.4 is 0 Å². The largest absolute Gasteiger partial charge is 0.0985 e. The van der Waals surface area contributed by atoms with E-state index in [0.29, 0.717) is 0 Å². The Labute approximate surface area is 63.3 Å². The molecule has 0 N–H and O–H groups in total. The first kappa shape index (κ1) is 8.96. The van der Waals surface area contributed by atoms with E-state index in [1.54, 1.807) is 12.2 Å². The molecule has 0 aromatic rings. The third kappa shape index (κ3) is 3.90. The van der Waals surface area contributed by atoms with Crippen molar-refractivity contribution in [3.8, 4) is 0 Å². The van der Waals surface area contributed by atoms with Crippen LogP contribution in [-0.2, 0) is 0 Å². The van der Waals surface area contributed by atoms with E-state index in [1.165, 1.54) is 0 Å². The van der Waals surface area contributed by atoms with Crippen LogP contribution in [0, 0.1) is 0 Å². The first-order valence-corrected chi connectivity index (χ1v) is 3.46. The van der Waals surface area contributed by atoms with E-state index in [9.17, 15) is 0 Å². The average molecular weight is 134 g/mol. The Morgan fingerprint density at radius 1 is 1.30 bits per heavy atom. The van der Waals surface area contributed by atoms with Crippen molar-refractivity contribution in [3.05, 3.63) is 49.1 Å². The molecule has 0 heterocycles. The maximum Gasteiger partial charge on any atom is -0.0269 e. The van der Waals surface area contributed by atoms with Gasteiger partial charge >= 0.3 is 0 Å². The molecule has 0 saturated carbocycles. The topological polar surface area (TPSA) is 0 Å². The molecule has 0 rings (SSSR count). The van der Waals surface area contributed by atoms with E-state index in [2.05, 4.69) is 26.2 Å². The molecule has 54 valence electrons. The summed E-state index contributed by atoms with van der Waals surface area (Å²) in [5.74, 6) is 0. The fraction of sp³-hybridized carbons (Fsp3) is 0.200. The van der Waals surface area contributed by atoms with Gasteiger partial charge in [0.05, 0.1) is 0 Å². The summed E-state index contributed by atoms with van der Waals surface area (Å²) in [4.78, 5) is 0. The maximum atomic E-state index is 3.64. The van der Waals surface area contributed by atoms with Crippen LogP contribution in [0.5, 0.6) is 0 Å². The lowest BCUT2D eigenvalue weighted by atomic mass is 10.2. The Morgan fingerprint density at radius 3 is 2.30 bits per heavy atom. The van der Waals surface area contributed by atoms with Gasteiger partial charge in [0.2, 0.25) is 0 Å². The third-order valence-electron chi connectivity index (χ3n) is 1.13. The fourth-order valence-electron chi connectivity index (χ4n) is 0.535. The van der Waals surface area contributed by atoms with Crippen LogP contribution >= 0.6 is 0 Å². The molecular formula is C10H14. The van der Waals surface area contributed by atoms with Crippen molar-refractivity contribution < 1.29 is 0 Å². The van der Waals surface area contributed by atoms with E-state index in [0.717, 1.165) is 12.0 Å². The summed E-state index contributed by atoms with van der Waals surface area (Å²) >= 11 is 0. The number of allylic oxidation sites excluding steroid dienone is 6. The maximum absolute atomic E-state index is 3.64. The van der Waals surface area contributed by atoms with Crippen molar-refractivity contribution in [1.29, 1.82) is 0 Å². The normalized spacial score (nSPS) is 9.30. The quantitative estimate of drug-likeness (QED) is 0.518. The second-order valence-corrected chi connectivity index (χ2v) is 1.91. The summed E-state index contributed by atoms with van der Waals surface area (Å²) in [6.45, 7) is 9.38. The molecule has 0 heteroatoms. The van der Waals surface area contributed by atoms with Gasteiger partial charge in [-0.25, -0.2) is 0 Å². The van der Waals surface area contributed by atoms with Gasteiger partial charge < -0.3 is 0 Å². The van der Waals surface area contributed by atoms with E-state index < -0.39 is 0 Å². The van der Waals surface area contributed by atoms with Crippen molar-refractivity contribution >= 4 is 0 Å². The lowest BCUT2D eigenvalue weighted by Gasteiger charge is -1.85. The molecule has 0 nitrogen and oxygen atoms in total. The summed E-state index contributed by atoms with van der Waals surface area (Å²) in [5.41, 5.74) is 1.06. The zero-order chi connectivity index (χ0) is 7.82. The molecule has 0 bridgehead atoms. The minimum atomic E-state index is 1.06. The van der Waals surface area contributed by atoms with Crippen LogP contribution in [0.15, 0.2) is 49.1 Å². The van der Waals surface area contributed by atoms with Gasteiger partial charge in [0.15, 0.2) is 0 Å². The van der Waals surface area contributed by atoms with Crippen molar-refractivity contribution in [1.82, 2.24) is 0 Å². The number of hydrogen-bond donors (Lipinski definition) is 0. The summed E-state index contributed by atoms with van der Waals surface area (Å²) in [6.07, 6.45) is 10.7. The van der Waals surface area contributed by atoms with Gasteiger partial charge in [-0.3, -0.25) is 0 Å². The highest BCUT2D eigenvalue weighted by molar-refractivity contribution is 5.30. The number of rotatable bonds is 4. The molecule has 0 saturated heterocycles. The first-order chi connectivity index (χ1) is 4.85. The highest BCUT2D eigenvalue weighted by Gasteiger charge is 1.75. The van der Waals surface area contributed by atoms with Crippen LogP contribution in [0.2, 0.25) is 0 Å². The van der Waals surface area contributed by atoms with Crippen LogP contribution in [0.3, 0.4) is 0 Å². The second-order valence-electron chi connectivity index (χ2n) is 1.91. The highest BCUT2D eigenvalue weighted by Crippen LogP contribution is 1.96. The van der Waals surface area contributed by atoms with Gasteiger partial charge in [-0.15, -0.1) is 0 Å². The van der Waals surface area contributed by atoms with Gasteiger partial charge in [-0.1, -0.05) is 50.5 Å². The summed E-state index contributed by atoms with van der Waals surface area (Å²) in [5, 5.41) is 0. The van der Waals surface area contributed by atoms with E-state index in [4.69, 9.17) is 0 Å². The molecule has 0 aromatic heterocycles. The first-order valence-electron chi connectivity index (χ1n) is 3.46. The predicted octanol–water partition coefficient (Wildman–Crippen LogP) is 3.25. The molecule has 10 heavy (non-hydrogen) atoms. The van der Waals surface area contributed by atoms with Crippen LogP contribution in [0.25, 0.3) is 0 Å². The van der Waals surface area contributed by atoms with Gasteiger partial charge in [-0.05, 0) is 12.0 Å². The Kier molecular flexibility index (Phi) is 5.45. The Hall–Kier alpha value is -1.04. The van der Waals surface area contributed by atoms with Crippen LogP contribution in [0.4, 0.5) is 0 Å². The van der Waals surface area contributed by atoms with Crippen LogP contribution in [0.1, 0.15) is 13.3 Å². The van der Waals surface area contributed by atoms with Gasteiger partial charge in [0.25, 0.3) is 0 Å². The minimum Gasteiger partial charge on any atom is -0.0985 e. The molecule has 0 aromatic carbocycles. The molecule has 0 radical (unpaired) electrons. The molecule has 0 aliphatic rings. The summed E-state index contributed by atoms with van der Waals surface area (Å²) in [7, 11) is 0. The van der Waals surface area contributed by atoms with Crippen molar-refractivity contribution in [2.24, 2.45) is 0 Å². The van der Waals surface area contributed by atoms with E-state index in [-0.39, 0.29) is 0 Å². The molecule has 0 amide bonds. The summed E-state index contributed by atoms with van der Waals surface area (Å²) < 4.78 is 0. The van der Waals surface area contributed by atoms with Crippen molar-refractivity contribution in [2.75, 3.05) is 0 Å². The molecule has 0 atom stereocenters. The summed E-state index contributed by atoms with van der Waals surface area (Å²) in [6, 6.07) is 0. The Balaban J connectivity index is 3.98. The fourth-order valence-corrected chi connectivity index (χ4v) is 0.535. The molecule has 0 aliphatic heterocycles. The smallest absolute Gasteiger partial charge is 0.0269 e. The third-order valence-corrected chi connectivity index (χ3v) is 1.13. The van der Waals surface area contributed by atoms with Crippen molar-refractivity contribution in [3.63, 3.8) is 0 Å². The predicted molar refractivity (Wildman–Crippen MR) is 47.9 cm³/mol. The average Bonchev–Trinajstić information content (AvgIpc) is 1.99. The van der Waals surface area contributed by atoms with Gasteiger partial charge in [0, 0.05) is 0 Å². The van der Waals surface area contributed by atoms with E-state index >= 15 is 0 Å². The standard InChI is InChI=1S/C10H14/c1-4-7-8-9-10(5-2)6-3/h5-9H,2-4H2,1H3/b8-7-. The van der Waals surface area contributed by atoms with Crippen LogP contribution in [-0.4, -0.2) is 0 Å². The van der Waals surface area contributed by atoms with Gasteiger partial charge in [-0.2, -0.15) is 0 Å². The molecule has 0 aliphatic carbocycles. The van der Waals surface area contributed by atoms with Gasteiger partial charge in [0.1, 0.15) is 0 Å². The molecular weight excluding hydrogens is 120 g/mol. The highest BCUT2D eigenvalue weighted by atomic mass is 13.8. The zero-order valence-electron chi connectivity index (χ0n) is 6.51. The Morgan fingerprint density at radius 2 is 1.90 bits per heavy atom. The zero-order valence-corrected chi connectivity index (χ0v) is 6.51. The SMILES string of the molecule is C=CC(C=C)=C/C=C\CC. The molecule has 0 unspecified atom stereocenters. The molecule has 0 spiro atoms. The monoisotopic (exact) mass is 134 g/mol. The van der Waals surface area contributed by atoms with E-state index in [1.807, 2.05) is 12.2 Å². The lowest BCUT2D eigenvalue weighted by molar-refractivity contribution is 1.22. The second kappa shape index (κ2) is 6.09. The minimum absolute atomic E-state index is 1.06. The van der Waals surface area contributed by atoms with Crippen molar-refractivity contribution in [2.45, 2.75) is 13.3 Å². The lowest BCUT2D eigenvalue weighted by Crippen LogP contribution is -1.64. The molecule has 0 fully saturated rings. The number of hydrogen-bond acceptors (Lipinski definition) is 0.